The standard InChI is InChI=1S/C13H13BrN4O2S/c1-2-20-12(19)11(10-7-21-13(15)16-10)18-17-9-6-4-3-5-8(9)14/h3-7,17H,2H2,1H3,(H2,15,16)/b18-11-. The first-order chi connectivity index (χ1) is 10.1. The van der Waals surface area contributed by atoms with Gasteiger partial charge in [-0.15, -0.1) is 11.3 Å². The van der Waals surface area contributed by atoms with Gasteiger partial charge in [0.1, 0.15) is 5.69 Å². The highest BCUT2D eigenvalue weighted by Crippen LogP contribution is 2.21. The minimum atomic E-state index is -0.553. The number of hydrogen-bond acceptors (Lipinski definition) is 7. The van der Waals surface area contributed by atoms with Crippen LogP contribution in [0.2, 0.25) is 0 Å². The summed E-state index contributed by atoms with van der Waals surface area (Å²) in [5.74, 6) is -0.553. The number of nitrogen functional groups attached to an aromatic ring is 1. The van der Waals surface area contributed by atoms with Crippen molar-refractivity contribution in [2.24, 2.45) is 5.10 Å². The fourth-order valence-electron chi connectivity index (χ4n) is 1.47. The van der Waals surface area contributed by atoms with Crippen molar-refractivity contribution in [1.29, 1.82) is 0 Å². The van der Waals surface area contributed by atoms with Gasteiger partial charge in [-0.1, -0.05) is 12.1 Å². The normalized spacial score (nSPS) is 11.2. The number of benzene rings is 1. The third-order valence-electron chi connectivity index (χ3n) is 2.40. The summed E-state index contributed by atoms with van der Waals surface area (Å²) in [6.07, 6.45) is 0. The van der Waals surface area contributed by atoms with Crippen molar-refractivity contribution in [2.75, 3.05) is 17.8 Å². The molecular formula is C13H13BrN4O2S. The van der Waals surface area contributed by atoms with E-state index >= 15 is 0 Å². The molecule has 110 valence electrons. The molecule has 2 aromatic rings. The summed E-state index contributed by atoms with van der Waals surface area (Å²) in [6, 6.07) is 7.42. The molecule has 1 heterocycles. The molecule has 1 aromatic carbocycles. The number of ether oxygens (including phenoxy) is 1. The number of halogens is 1. The number of aromatic nitrogens is 1. The SMILES string of the molecule is CCOC(=O)/C(=N\Nc1ccccc1Br)c1csc(N)n1. The van der Waals surface area contributed by atoms with Gasteiger partial charge in [-0.05, 0) is 35.0 Å². The molecule has 0 aliphatic rings. The number of para-hydroxylation sites is 1. The molecule has 0 saturated heterocycles. The molecule has 2 rings (SSSR count). The van der Waals surface area contributed by atoms with E-state index in [0.717, 1.165) is 10.2 Å². The van der Waals surface area contributed by atoms with Crippen molar-refractivity contribution in [2.45, 2.75) is 6.92 Å². The zero-order chi connectivity index (χ0) is 15.2. The van der Waals surface area contributed by atoms with Crippen LogP contribution in [0, 0.1) is 0 Å². The maximum atomic E-state index is 12.0. The Bertz CT molecular complexity index is 672. The van der Waals surface area contributed by atoms with Gasteiger partial charge in [0, 0.05) is 9.85 Å². The van der Waals surface area contributed by atoms with Crippen LogP contribution in [0.1, 0.15) is 12.6 Å². The average molecular weight is 369 g/mol. The van der Waals surface area contributed by atoms with Crippen LogP contribution in [-0.4, -0.2) is 23.3 Å². The Morgan fingerprint density at radius 1 is 1.52 bits per heavy atom. The molecular weight excluding hydrogens is 356 g/mol. The topological polar surface area (TPSA) is 89.6 Å². The maximum Gasteiger partial charge on any atom is 0.361 e. The zero-order valence-corrected chi connectivity index (χ0v) is 13.6. The second-order valence-corrected chi connectivity index (χ2v) is 5.59. The molecule has 0 aliphatic heterocycles. The van der Waals surface area contributed by atoms with Crippen molar-refractivity contribution < 1.29 is 9.53 Å². The zero-order valence-electron chi connectivity index (χ0n) is 11.2. The van der Waals surface area contributed by atoms with E-state index in [4.69, 9.17) is 10.5 Å². The highest BCUT2D eigenvalue weighted by Gasteiger charge is 2.18. The van der Waals surface area contributed by atoms with E-state index in [2.05, 4.69) is 31.4 Å². The molecule has 8 heteroatoms. The summed E-state index contributed by atoms with van der Waals surface area (Å²) in [7, 11) is 0. The Hall–Kier alpha value is -1.93. The number of hydrazone groups is 1. The van der Waals surface area contributed by atoms with Crippen LogP contribution in [0.25, 0.3) is 0 Å². The van der Waals surface area contributed by atoms with Gasteiger partial charge in [0.15, 0.2) is 10.8 Å². The van der Waals surface area contributed by atoms with E-state index in [0.29, 0.717) is 10.8 Å². The van der Waals surface area contributed by atoms with E-state index < -0.39 is 5.97 Å². The first-order valence-electron chi connectivity index (χ1n) is 6.08. The minimum absolute atomic E-state index is 0.0838. The molecule has 0 atom stereocenters. The van der Waals surface area contributed by atoms with Gasteiger partial charge in [-0.25, -0.2) is 9.78 Å². The molecule has 0 aliphatic carbocycles. The first-order valence-corrected chi connectivity index (χ1v) is 7.75. The van der Waals surface area contributed by atoms with Gasteiger partial charge in [0.25, 0.3) is 0 Å². The summed E-state index contributed by atoms with van der Waals surface area (Å²) >= 11 is 4.63. The number of carbonyl (C=O) groups excluding carboxylic acids is 1. The minimum Gasteiger partial charge on any atom is -0.461 e. The number of anilines is 2. The van der Waals surface area contributed by atoms with Crippen molar-refractivity contribution in [3.63, 3.8) is 0 Å². The highest BCUT2D eigenvalue weighted by atomic mass is 79.9. The predicted molar refractivity (Wildman–Crippen MR) is 87.5 cm³/mol. The van der Waals surface area contributed by atoms with Crippen molar-refractivity contribution in [3.05, 3.63) is 39.8 Å². The Morgan fingerprint density at radius 3 is 2.90 bits per heavy atom. The van der Waals surface area contributed by atoms with E-state index in [9.17, 15) is 4.79 Å². The number of esters is 1. The molecule has 0 radical (unpaired) electrons. The van der Waals surface area contributed by atoms with Crippen LogP contribution in [0.15, 0.2) is 39.2 Å². The van der Waals surface area contributed by atoms with Crippen molar-refractivity contribution >= 4 is 49.8 Å². The van der Waals surface area contributed by atoms with Crippen LogP contribution in [-0.2, 0) is 9.53 Å². The molecule has 21 heavy (non-hydrogen) atoms. The average Bonchev–Trinajstić information content (AvgIpc) is 2.88. The van der Waals surface area contributed by atoms with Crippen LogP contribution < -0.4 is 11.2 Å². The number of carbonyl (C=O) groups is 1. The van der Waals surface area contributed by atoms with Gasteiger partial charge in [0.2, 0.25) is 0 Å². The highest BCUT2D eigenvalue weighted by molar-refractivity contribution is 9.10. The van der Waals surface area contributed by atoms with Gasteiger partial charge >= 0.3 is 5.97 Å². The second kappa shape index (κ2) is 7.19. The van der Waals surface area contributed by atoms with E-state index in [1.165, 1.54) is 11.3 Å². The summed E-state index contributed by atoms with van der Waals surface area (Å²) in [4.78, 5) is 16.0. The molecule has 0 amide bonds. The van der Waals surface area contributed by atoms with E-state index in [1.54, 1.807) is 12.3 Å². The largest absolute Gasteiger partial charge is 0.461 e. The number of nitrogens with zero attached hydrogens (tertiary/aromatic N) is 2. The Labute approximate surface area is 134 Å². The maximum absolute atomic E-state index is 12.0. The van der Waals surface area contributed by atoms with E-state index in [1.807, 2.05) is 24.3 Å². The lowest BCUT2D eigenvalue weighted by Gasteiger charge is -2.06. The van der Waals surface area contributed by atoms with E-state index in [-0.39, 0.29) is 12.3 Å². The molecule has 0 saturated carbocycles. The first kappa shape index (κ1) is 15.5. The van der Waals surface area contributed by atoms with Crippen molar-refractivity contribution in [1.82, 2.24) is 4.98 Å². The second-order valence-electron chi connectivity index (χ2n) is 3.84. The summed E-state index contributed by atoms with van der Waals surface area (Å²) in [5.41, 5.74) is 9.61. The Kier molecular flexibility index (Phi) is 5.29. The Morgan fingerprint density at radius 2 is 2.29 bits per heavy atom. The van der Waals surface area contributed by atoms with Gasteiger partial charge in [0.05, 0.1) is 12.3 Å². The lowest BCUT2D eigenvalue weighted by atomic mass is 10.3. The quantitative estimate of drug-likeness (QED) is 0.481. The van der Waals surface area contributed by atoms with Gasteiger partial charge in [-0.3, -0.25) is 5.43 Å². The van der Waals surface area contributed by atoms with Gasteiger partial charge < -0.3 is 10.5 Å². The van der Waals surface area contributed by atoms with Crippen LogP contribution in [0.5, 0.6) is 0 Å². The monoisotopic (exact) mass is 368 g/mol. The third kappa shape index (κ3) is 4.02. The predicted octanol–water partition coefficient (Wildman–Crippen LogP) is 2.87. The molecule has 3 N–H and O–H groups in total. The smallest absolute Gasteiger partial charge is 0.361 e. The molecule has 0 unspecified atom stereocenters. The number of thiazole rings is 1. The van der Waals surface area contributed by atoms with Crippen LogP contribution in [0.4, 0.5) is 10.8 Å². The third-order valence-corrected chi connectivity index (χ3v) is 3.76. The fourth-order valence-corrected chi connectivity index (χ4v) is 2.39. The fraction of sp³-hybridized carbons (Fsp3) is 0.154. The summed E-state index contributed by atoms with van der Waals surface area (Å²) in [5, 5.41) is 6.13. The summed E-state index contributed by atoms with van der Waals surface area (Å²) < 4.78 is 5.82. The summed E-state index contributed by atoms with van der Waals surface area (Å²) in [6.45, 7) is 1.98. The van der Waals surface area contributed by atoms with Gasteiger partial charge in [-0.2, -0.15) is 5.10 Å². The van der Waals surface area contributed by atoms with Crippen LogP contribution in [0.3, 0.4) is 0 Å². The molecule has 1 aromatic heterocycles. The molecule has 6 nitrogen and oxygen atoms in total. The number of hydrogen-bond donors (Lipinski definition) is 2. The van der Waals surface area contributed by atoms with Crippen molar-refractivity contribution in [3.8, 4) is 0 Å². The molecule has 0 spiro atoms. The number of nitrogens with one attached hydrogen (secondary N) is 1. The molecule has 0 fully saturated rings. The lowest BCUT2D eigenvalue weighted by Crippen LogP contribution is -2.20. The van der Waals surface area contributed by atoms with Crippen LogP contribution >= 0.6 is 27.3 Å². The number of rotatable bonds is 5. The Balaban J connectivity index is 2.29. The number of nitrogens with two attached hydrogens (primary N) is 1. The lowest BCUT2D eigenvalue weighted by molar-refractivity contribution is -0.134. The molecule has 0 bridgehead atoms.